The molecule has 2 rings (SSSR count). The van der Waals surface area contributed by atoms with E-state index in [1.807, 2.05) is 0 Å². The molecule has 0 saturated heterocycles. The van der Waals surface area contributed by atoms with Crippen molar-refractivity contribution >= 4 is 10.9 Å². The molecule has 0 atom stereocenters. The molecule has 0 unspecified atom stereocenters. The Morgan fingerprint density at radius 1 is 1.32 bits per heavy atom. The predicted molar refractivity (Wildman–Crippen MR) is 83.3 cm³/mol. The molecule has 102 valence electrons. The van der Waals surface area contributed by atoms with Crippen molar-refractivity contribution < 1.29 is 0 Å². The van der Waals surface area contributed by atoms with Gasteiger partial charge in [-0.05, 0) is 31.0 Å². The third-order valence-electron chi connectivity index (χ3n) is 3.18. The highest BCUT2D eigenvalue weighted by atomic mass is 15.0. The van der Waals surface area contributed by atoms with Gasteiger partial charge in [-0.25, -0.2) is 0 Å². The van der Waals surface area contributed by atoms with Gasteiger partial charge in [0.15, 0.2) is 0 Å². The first kappa shape index (κ1) is 13.9. The molecule has 0 radical (unpaired) electrons. The molecule has 1 N–H and O–H groups in total. The quantitative estimate of drug-likeness (QED) is 0.774. The van der Waals surface area contributed by atoms with Gasteiger partial charge >= 0.3 is 0 Å². The molecule has 0 amide bonds. The number of aromatic nitrogens is 1. The fourth-order valence-electron chi connectivity index (χ4n) is 2.38. The van der Waals surface area contributed by atoms with Crippen LogP contribution in [0.2, 0.25) is 0 Å². The second-order valence-corrected chi connectivity index (χ2v) is 5.78. The number of nitrogens with one attached hydrogen (secondary N) is 1. The molecule has 19 heavy (non-hydrogen) atoms. The zero-order chi connectivity index (χ0) is 13.8. The first-order chi connectivity index (χ1) is 9.08. The average molecular weight is 256 g/mol. The van der Waals surface area contributed by atoms with E-state index in [0.29, 0.717) is 5.92 Å². The van der Waals surface area contributed by atoms with Crippen LogP contribution >= 0.6 is 0 Å². The van der Waals surface area contributed by atoms with Gasteiger partial charge in [0.25, 0.3) is 0 Å². The van der Waals surface area contributed by atoms with Crippen LogP contribution in [0.1, 0.15) is 26.3 Å². The predicted octanol–water partition coefficient (Wildman–Crippen LogP) is 3.96. The lowest BCUT2D eigenvalue weighted by Crippen LogP contribution is -2.18. The summed E-state index contributed by atoms with van der Waals surface area (Å²) in [7, 11) is 0. The Hall–Kier alpha value is -1.54. The number of fused-ring (bicyclic) bond motifs is 1. The molecule has 0 fully saturated rings. The summed E-state index contributed by atoms with van der Waals surface area (Å²) in [6.07, 6.45) is 2.26. The average Bonchev–Trinajstić information content (AvgIpc) is 2.67. The van der Waals surface area contributed by atoms with Crippen LogP contribution in [0.25, 0.3) is 10.9 Å². The molecular weight excluding hydrogens is 232 g/mol. The zero-order valence-electron chi connectivity index (χ0n) is 12.2. The van der Waals surface area contributed by atoms with Crippen molar-refractivity contribution in [3.63, 3.8) is 0 Å². The molecule has 0 aliphatic carbocycles. The van der Waals surface area contributed by atoms with Crippen LogP contribution in [0.15, 0.2) is 42.6 Å². The van der Waals surface area contributed by atoms with Crippen molar-refractivity contribution in [2.45, 2.75) is 33.9 Å². The number of benzene rings is 1. The van der Waals surface area contributed by atoms with Crippen LogP contribution in [0.5, 0.6) is 0 Å². The standard InChI is InChI=1S/C17H24N2/c1-13(2)9-18-10-15-12-19(11-14(3)4)17-8-6-5-7-16(15)17/h5-8,12-13,18H,3,9-11H2,1-2,4H3. The number of para-hydroxylation sites is 1. The lowest BCUT2D eigenvalue weighted by atomic mass is 10.1. The minimum absolute atomic E-state index is 0.684. The number of nitrogens with zero attached hydrogens (tertiary/aromatic N) is 1. The van der Waals surface area contributed by atoms with E-state index in [9.17, 15) is 0 Å². The molecule has 0 saturated carbocycles. The maximum Gasteiger partial charge on any atom is 0.0486 e. The van der Waals surface area contributed by atoms with Gasteiger partial charge in [-0.15, -0.1) is 0 Å². The smallest absolute Gasteiger partial charge is 0.0486 e. The molecule has 1 aromatic carbocycles. The molecule has 0 aliphatic rings. The van der Waals surface area contributed by atoms with Crippen molar-refractivity contribution in [3.05, 3.63) is 48.2 Å². The molecule has 0 bridgehead atoms. The Morgan fingerprint density at radius 2 is 2.05 bits per heavy atom. The van der Waals surface area contributed by atoms with Crippen LogP contribution in [-0.2, 0) is 13.1 Å². The van der Waals surface area contributed by atoms with E-state index in [1.54, 1.807) is 0 Å². The van der Waals surface area contributed by atoms with Crippen LogP contribution in [-0.4, -0.2) is 11.1 Å². The van der Waals surface area contributed by atoms with Gasteiger partial charge in [-0.3, -0.25) is 0 Å². The van der Waals surface area contributed by atoms with Crippen LogP contribution in [0, 0.1) is 5.92 Å². The van der Waals surface area contributed by atoms with E-state index in [4.69, 9.17) is 0 Å². The van der Waals surface area contributed by atoms with Crippen molar-refractivity contribution in [3.8, 4) is 0 Å². The van der Waals surface area contributed by atoms with E-state index in [1.165, 1.54) is 22.0 Å². The Balaban J connectivity index is 2.25. The largest absolute Gasteiger partial charge is 0.343 e. The monoisotopic (exact) mass is 256 g/mol. The van der Waals surface area contributed by atoms with Crippen molar-refractivity contribution in [1.29, 1.82) is 0 Å². The summed E-state index contributed by atoms with van der Waals surface area (Å²) in [5, 5.41) is 4.87. The third kappa shape index (κ3) is 3.48. The van der Waals surface area contributed by atoms with Crippen LogP contribution < -0.4 is 5.32 Å². The highest BCUT2D eigenvalue weighted by molar-refractivity contribution is 5.84. The summed E-state index contributed by atoms with van der Waals surface area (Å²) in [6, 6.07) is 8.60. The van der Waals surface area contributed by atoms with Gasteiger partial charge in [0.05, 0.1) is 0 Å². The van der Waals surface area contributed by atoms with Gasteiger partial charge in [0, 0.05) is 30.2 Å². The second-order valence-electron chi connectivity index (χ2n) is 5.78. The first-order valence-electron chi connectivity index (χ1n) is 6.99. The van der Waals surface area contributed by atoms with Gasteiger partial charge in [0.1, 0.15) is 0 Å². The maximum atomic E-state index is 4.02. The second kappa shape index (κ2) is 6.07. The third-order valence-corrected chi connectivity index (χ3v) is 3.18. The lowest BCUT2D eigenvalue weighted by molar-refractivity contribution is 0.553. The summed E-state index contributed by atoms with van der Waals surface area (Å²) < 4.78 is 2.30. The fraction of sp³-hybridized carbons (Fsp3) is 0.412. The Labute approximate surface area is 116 Å². The summed E-state index contributed by atoms with van der Waals surface area (Å²) >= 11 is 0. The molecule has 2 aromatic rings. The van der Waals surface area contributed by atoms with E-state index in [0.717, 1.165) is 19.6 Å². The minimum atomic E-state index is 0.684. The van der Waals surface area contributed by atoms with Crippen LogP contribution in [0.4, 0.5) is 0 Å². The van der Waals surface area contributed by atoms with Gasteiger partial charge in [-0.1, -0.05) is 44.2 Å². The number of allylic oxidation sites excluding steroid dienone is 1. The first-order valence-corrected chi connectivity index (χ1v) is 6.99. The lowest BCUT2D eigenvalue weighted by Gasteiger charge is -2.06. The molecule has 2 heteroatoms. The maximum absolute atomic E-state index is 4.02. The summed E-state index contributed by atoms with van der Waals surface area (Å²) in [6.45, 7) is 13.4. The molecular formula is C17H24N2. The Bertz CT molecular complexity index is 564. The van der Waals surface area contributed by atoms with Crippen molar-refractivity contribution in [1.82, 2.24) is 9.88 Å². The van der Waals surface area contributed by atoms with Gasteiger partial charge in [-0.2, -0.15) is 0 Å². The van der Waals surface area contributed by atoms with Gasteiger partial charge < -0.3 is 9.88 Å². The Kier molecular flexibility index (Phi) is 4.43. The molecule has 1 heterocycles. The zero-order valence-corrected chi connectivity index (χ0v) is 12.2. The molecule has 0 aliphatic heterocycles. The fourth-order valence-corrected chi connectivity index (χ4v) is 2.38. The van der Waals surface area contributed by atoms with E-state index < -0.39 is 0 Å². The Morgan fingerprint density at radius 3 is 2.74 bits per heavy atom. The number of rotatable bonds is 6. The topological polar surface area (TPSA) is 17.0 Å². The van der Waals surface area contributed by atoms with Crippen molar-refractivity contribution in [2.75, 3.05) is 6.54 Å². The highest BCUT2D eigenvalue weighted by Crippen LogP contribution is 2.22. The minimum Gasteiger partial charge on any atom is -0.343 e. The summed E-state index contributed by atoms with van der Waals surface area (Å²) in [5.41, 5.74) is 3.85. The highest BCUT2D eigenvalue weighted by Gasteiger charge is 2.07. The van der Waals surface area contributed by atoms with Crippen LogP contribution in [0.3, 0.4) is 0 Å². The van der Waals surface area contributed by atoms with Gasteiger partial charge in [0.2, 0.25) is 0 Å². The number of hydrogen-bond acceptors (Lipinski definition) is 1. The summed E-state index contributed by atoms with van der Waals surface area (Å²) in [4.78, 5) is 0. The SMILES string of the molecule is C=C(C)Cn1cc(CNCC(C)C)c2ccccc21. The van der Waals surface area contributed by atoms with E-state index in [-0.39, 0.29) is 0 Å². The molecule has 1 aromatic heterocycles. The number of hydrogen-bond donors (Lipinski definition) is 1. The normalized spacial score (nSPS) is 11.4. The van der Waals surface area contributed by atoms with E-state index in [2.05, 4.69) is 67.7 Å². The summed E-state index contributed by atoms with van der Waals surface area (Å²) in [5.74, 6) is 0.684. The molecule has 2 nitrogen and oxygen atoms in total. The van der Waals surface area contributed by atoms with E-state index >= 15 is 0 Å². The van der Waals surface area contributed by atoms with Crippen molar-refractivity contribution in [2.24, 2.45) is 5.92 Å². The molecule has 0 spiro atoms.